The maximum Gasteiger partial charge on any atom is 0.252 e. The van der Waals surface area contributed by atoms with Gasteiger partial charge in [-0.1, -0.05) is 24.3 Å². The number of rotatable bonds is 4. The molecule has 23 heavy (non-hydrogen) atoms. The summed E-state index contributed by atoms with van der Waals surface area (Å²) in [5, 5.41) is 16.1. The lowest BCUT2D eigenvalue weighted by Crippen LogP contribution is -2.15. The minimum Gasteiger partial charge on any atom is -0.386 e. The van der Waals surface area contributed by atoms with E-state index in [1.165, 1.54) is 6.20 Å². The van der Waals surface area contributed by atoms with Gasteiger partial charge in [-0.15, -0.1) is 0 Å². The van der Waals surface area contributed by atoms with Gasteiger partial charge in [0.25, 0.3) is 5.91 Å². The van der Waals surface area contributed by atoms with Crippen molar-refractivity contribution in [1.82, 2.24) is 9.61 Å². The lowest BCUT2D eigenvalue weighted by Gasteiger charge is -2.07. The summed E-state index contributed by atoms with van der Waals surface area (Å²) in [5.74, 6) is -0.525. The Kier molecular flexibility index (Phi) is 3.69. The number of nitrogens with one attached hydrogen (secondary N) is 1. The second kappa shape index (κ2) is 5.81. The topological polar surface area (TPSA) is 96.2 Å². The van der Waals surface area contributed by atoms with Crippen molar-refractivity contribution in [1.29, 1.82) is 5.26 Å². The zero-order valence-corrected chi connectivity index (χ0v) is 12.6. The van der Waals surface area contributed by atoms with Gasteiger partial charge in [-0.05, 0) is 17.2 Å². The standard InChI is InChI=1S/C17H15N5O/c1-20-16-14(17(19)23)9-21-22-10-13(8-15(16)22)12-4-2-3-11(7-12)5-6-18/h2-4,7-10,20H,5H2,1H3,(H2,19,23). The lowest BCUT2D eigenvalue weighted by atomic mass is 10.0. The summed E-state index contributed by atoms with van der Waals surface area (Å²) >= 11 is 0. The van der Waals surface area contributed by atoms with Crippen LogP contribution < -0.4 is 11.1 Å². The molecule has 1 aromatic carbocycles. The Morgan fingerprint density at radius 2 is 2.22 bits per heavy atom. The summed E-state index contributed by atoms with van der Waals surface area (Å²) in [6, 6.07) is 11.9. The van der Waals surface area contributed by atoms with Crippen molar-refractivity contribution in [2.24, 2.45) is 5.73 Å². The SMILES string of the molecule is CNc1c(C(N)=O)cnn2cc(-c3cccc(CC#N)c3)cc12. The molecule has 0 saturated heterocycles. The van der Waals surface area contributed by atoms with Crippen LogP contribution in [0.5, 0.6) is 0 Å². The highest BCUT2D eigenvalue weighted by Gasteiger charge is 2.14. The van der Waals surface area contributed by atoms with E-state index in [4.69, 9.17) is 11.0 Å². The summed E-state index contributed by atoms with van der Waals surface area (Å²) in [7, 11) is 1.74. The first-order chi connectivity index (χ1) is 11.1. The van der Waals surface area contributed by atoms with Crippen molar-refractivity contribution >= 4 is 17.1 Å². The smallest absolute Gasteiger partial charge is 0.252 e. The summed E-state index contributed by atoms with van der Waals surface area (Å²) < 4.78 is 1.70. The predicted molar refractivity (Wildman–Crippen MR) is 88.0 cm³/mol. The third-order valence-electron chi connectivity index (χ3n) is 3.70. The fraction of sp³-hybridized carbons (Fsp3) is 0.118. The maximum absolute atomic E-state index is 11.5. The fourth-order valence-corrected chi connectivity index (χ4v) is 2.62. The number of primary amides is 1. The molecule has 0 aliphatic carbocycles. The van der Waals surface area contributed by atoms with Gasteiger partial charge in [-0.25, -0.2) is 4.52 Å². The minimum atomic E-state index is -0.525. The van der Waals surface area contributed by atoms with E-state index in [9.17, 15) is 4.79 Å². The second-order valence-electron chi connectivity index (χ2n) is 5.14. The van der Waals surface area contributed by atoms with Crippen LogP contribution in [-0.2, 0) is 6.42 Å². The highest BCUT2D eigenvalue weighted by molar-refractivity contribution is 6.02. The Balaban J connectivity index is 2.15. The number of carbonyl (C=O) groups is 1. The van der Waals surface area contributed by atoms with Gasteiger partial charge in [-0.2, -0.15) is 10.4 Å². The number of carbonyl (C=O) groups excluding carboxylic acids is 1. The molecule has 0 aliphatic rings. The minimum absolute atomic E-state index is 0.350. The second-order valence-corrected chi connectivity index (χ2v) is 5.14. The van der Waals surface area contributed by atoms with Crippen molar-refractivity contribution in [2.45, 2.75) is 6.42 Å². The summed E-state index contributed by atoms with van der Waals surface area (Å²) in [6.07, 6.45) is 3.70. The number of benzene rings is 1. The molecule has 0 unspecified atom stereocenters. The molecule has 0 fully saturated rings. The normalized spacial score (nSPS) is 10.4. The molecular formula is C17H15N5O. The molecule has 0 bridgehead atoms. The zero-order chi connectivity index (χ0) is 16.4. The molecule has 114 valence electrons. The number of aromatic nitrogens is 2. The van der Waals surface area contributed by atoms with Crippen molar-refractivity contribution in [3.05, 3.63) is 53.9 Å². The molecule has 0 aliphatic heterocycles. The van der Waals surface area contributed by atoms with E-state index >= 15 is 0 Å². The Bertz CT molecular complexity index is 936. The zero-order valence-electron chi connectivity index (χ0n) is 12.6. The van der Waals surface area contributed by atoms with Crippen molar-refractivity contribution in [3.8, 4) is 17.2 Å². The molecule has 2 aromatic heterocycles. The monoisotopic (exact) mass is 305 g/mol. The Hall–Kier alpha value is -3.33. The van der Waals surface area contributed by atoms with Crippen molar-refractivity contribution in [3.63, 3.8) is 0 Å². The van der Waals surface area contributed by atoms with Gasteiger partial charge in [0.15, 0.2) is 0 Å². The number of fused-ring (bicyclic) bond motifs is 1. The molecule has 1 amide bonds. The number of anilines is 1. The van der Waals surface area contributed by atoms with E-state index in [1.807, 2.05) is 36.5 Å². The molecule has 6 heteroatoms. The molecule has 0 saturated carbocycles. The maximum atomic E-state index is 11.5. The predicted octanol–water partition coefficient (Wildman–Crippen LogP) is 2.21. The van der Waals surface area contributed by atoms with Gasteiger partial charge < -0.3 is 11.1 Å². The Labute approximate surface area is 133 Å². The van der Waals surface area contributed by atoms with Crippen LogP contribution >= 0.6 is 0 Å². The van der Waals surface area contributed by atoms with Gasteiger partial charge in [0.2, 0.25) is 0 Å². The molecule has 0 spiro atoms. The largest absolute Gasteiger partial charge is 0.386 e. The highest BCUT2D eigenvalue weighted by atomic mass is 16.1. The number of hydrogen-bond acceptors (Lipinski definition) is 4. The average Bonchev–Trinajstić information content (AvgIpc) is 2.98. The first-order valence-electron chi connectivity index (χ1n) is 7.09. The van der Waals surface area contributed by atoms with E-state index in [0.29, 0.717) is 17.7 Å². The van der Waals surface area contributed by atoms with Crippen molar-refractivity contribution < 1.29 is 4.79 Å². The Morgan fingerprint density at radius 1 is 1.39 bits per heavy atom. The van der Waals surface area contributed by atoms with E-state index in [2.05, 4.69) is 16.5 Å². The van der Waals surface area contributed by atoms with Gasteiger partial charge in [0.05, 0.1) is 35.5 Å². The number of hydrogen-bond donors (Lipinski definition) is 2. The van der Waals surface area contributed by atoms with Crippen LogP contribution in [0.1, 0.15) is 15.9 Å². The number of nitriles is 1. The fourth-order valence-electron chi connectivity index (χ4n) is 2.62. The third kappa shape index (κ3) is 2.60. The number of amides is 1. The number of nitrogens with two attached hydrogens (primary N) is 1. The first-order valence-corrected chi connectivity index (χ1v) is 7.09. The van der Waals surface area contributed by atoms with Gasteiger partial charge >= 0.3 is 0 Å². The first kappa shape index (κ1) is 14.6. The van der Waals surface area contributed by atoms with E-state index in [0.717, 1.165) is 22.2 Å². The summed E-state index contributed by atoms with van der Waals surface area (Å²) in [5.41, 5.74) is 10.1. The van der Waals surface area contributed by atoms with Gasteiger partial charge in [0, 0.05) is 18.8 Å². The average molecular weight is 305 g/mol. The van der Waals surface area contributed by atoms with Gasteiger partial charge in [-0.3, -0.25) is 4.79 Å². The van der Waals surface area contributed by atoms with Crippen LogP contribution in [0, 0.1) is 11.3 Å². The molecule has 6 nitrogen and oxygen atoms in total. The lowest BCUT2D eigenvalue weighted by molar-refractivity contribution is 0.100. The van der Waals surface area contributed by atoms with Gasteiger partial charge in [0.1, 0.15) is 0 Å². The third-order valence-corrected chi connectivity index (χ3v) is 3.70. The summed E-state index contributed by atoms with van der Waals surface area (Å²) in [4.78, 5) is 11.5. The van der Waals surface area contributed by atoms with Crippen LogP contribution in [-0.4, -0.2) is 22.6 Å². The molecule has 0 atom stereocenters. The molecule has 3 rings (SSSR count). The summed E-state index contributed by atoms with van der Waals surface area (Å²) in [6.45, 7) is 0. The van der Waals surface area contributed by atoms with Crippen LogP contribution in [0.3, 0.4) is 0 Å². The molecule has 3 N–H and O–H groups in total. The molecule has 0 radical (unpaired) electrons. The quantitative estimate of drug-likeness (QED) is 0.772. The molecule has 3 aromatic rings. The van der Waals surface area contributed by atoms with Crippen molar-refractivity contribution in [2.75, 3.05) is 12.4 Å². The van der Waals surface area contributed by atoms with Crippen LogP contribution in [0.4, 0.5) is 5.69 Å². The Morgan fingerprint density at radius 3 is 2.91 bits per heavy atom. The van der Waals surface area contributed by atoms with Crippen LogP contribution in [0.15, 0.2) is 42.7 Å². The molecule has 2 heterocycles. The number of nitrogens with zero attached hydrogens (tertiary/aromatic N) is 3. The van der Waals surface area contributed by atoms with Crippen LogP contribution in [0.25, 0.3) is 16.6 Å². The molecular weight excluding hydrogens is 290 g/mol. The highest BCUT2D eigenvalue weighted by Crippen LogP contribution is 2.28. The van der Waals surface area contributed by atoms with E-state index < -0.39 is 5.91 Å². The van der Waals surface area contributed by atoms with E-state index in [1.54, 1.807) is 11.6 Å². The van der Waals surface area contributed by atoms with E-state index in [-0.39, 0.29) is 0 Å². The van der Waals surface area contributed by atoms with Crippen LogP contribution in [0.2, 0.25) is 0 Å².